The van der Waals surface area contributed by atoms with E-state index in [0.717, 1.165) is 38.3 Å². The first kappa shape index (κ1) is 17.7. The maximum Gasteiger partial charge on any atom is 0.225 e. The lowest BCUT2D eigenvalue weighted by atomic mass is 9.88. The number of anilines is 1. The number of aromatic nitrogens is 2. The van der Waals surface area contributed by atoms with Gasteiger partial charge in [0, 0.05) is 37.9 Å². The molecule has 1 amide bonds. The van der Waals surface area contributed by atoms with Crippen molar-refractivity contribution in [1.82, 2.24) is 15.3 Å². The molecule has 0 radical (unpaired) electrons. The second-order valence-electron chi connectivity index (χ2n) is 6.69. The fourth-order valence-corrected chi connectivity index (χ4v) is 2.82. The molecule has 6 heteroatoms. The average molecular weight is 320 g/mol. The maximum atomic E-state index is 12.3. The molecule has 0 aromatic carbocycles. The molecule has 2 N–H and O–H groups in total. The van der Waals surface area contributed by atoms with Crippen LogP contribution in [-0.2, 0) is 4.79 Å². The number of nitrogens with one attached hydrogen (secondary N) is 1. The molecule has 0 spiro atoms. The molecular weight excluding hydrogens is 292 g/mol. The summed E-state index contributed by atoms with van der Waals surface area (Å²) < 4.78 is 0. The number of nitrogens with zero attached hydrogens (tertiary/aromatic N) is 3. The molecular formula is C17H28N4O2. The van der Waals surface area contributed by atoms with Gasteiger partial charge in [-0.1, -0.05) is 20.3 Å². The van der Waals surface area contributed by atoms with Gasteiger partial charge in [0.05, 0.1) is 5.60 Å². The monoisotopic (exact) mass is 320 g/mol. The number of amides is 1. The van der Waals surface area contributed by atoms with E-state index in [9.17, 15) is 9.90 Å². The van der Waals surface area contributed by atoms with E-state index in [4.69, 9.17) is 0 Å². The topological polar surface area (TPSA) is 78.4 Å². The van der Waals surface area contributed by atoms with Gasteiger partial charge in [-0.15, -0.1) is 0 Å². The van der Waals surface area contributed by atoms with Crippen LogP contribution < -0.4 is 10.2 Å². The standard InChI is InChI=1S/C17H28N4O2/c1-4-13(2)17(3,23)12-20-15(22)14-6-10-21(11-7-14)16-18-8-5-9-19-16/h5,8-9,13-14,23H,4,6-7,10-12H2,1-3H3,(H,20,22). The highest BCUT2D eigenvalue weighted by Crippen LogP contribution is 2.22. The van der Waals surface area contributed by atoms with Crippen LogP contribution in [0.1, 0.15) is 40.0 Å². The van der Waals surface area contributed by atoms with E-state index >= 15 is 0 Å². The summed E-state index contributed by atoms with van der Waals surface area (Å²) in [6.07, 6.45) is 5.93. The summed E-state index contributed by atoms with van der Waals surface area (Å²) in [6, 6.07) is 1.80. The highest BCUT2D eigenvalue weighted by atomic mass is 16.3. The third-order valence-corrected chi connectivity index (χ3v) is 5.00. The first-order chi connectivity index (χ1) is 10.9. The van der Waals surface area contributed by atoms with E-state index in [1.807, 2.05) is 13.8 Å². The van der Waals surface area contributed by atoms with Crippen LogP contribution in [0.4, 0.5) is 5.95 Å². The zero-order valence-electron chi connectivity index (χ0n) is 14.3. The minimum absolute atomic E-state index is 0.00250. The zero-order chi connectivity index (χ0) is 16.9. The van der Waals surface area contributed by atoms with Crippen LogP contribution in [0.25, 0.3) is 0 Å². The van der Waals surface area contributed by atoms with Crippen LogP contribution in [0.3, 0.4) is 0 Å². The van der Waals surface area contributed by atoms with Gasteiger partial charge >= 0.3 is 0 Å². The second kappa shape index (κ2) is 7.73. The van der Waals surface area contributed by atoms with Crippen molar-refractivity contribution in [3.8, 4) is 0 Å². The van der Waals surface area contributed by atoms with Crippen molar-refractivity contribution in [2.75, 3.05) is 24.5 Å². The van der Waals surface area contributed by atoms with Gasteiger partial charge in [0.15, 0.2) is 0 Å². The molecule has 1 saturated heterocycles. The minimum atomic E-state index is -0.858. The van der Waals surface area contributed by atoms with Crippen molar-refractivity contribution >= 4 is 11.9 Å². The molecule has 6 nitrogen and oxygen atoms in total. The Kier molecular flexibility index (Phi) is 5.93. The summed E-state index contributed by atoms with van der Waals surface area (Å²) in [6.45, 7) is 7.71. The van der Waals surface area contributed by atoms with Crippen LogP contribution in [0.2, 0.25) is 0 Å². The highest BCUT2D eigenvalue weighted by Gasteiger charge is 2.30. The largest absolute Gasteiger partial charge is 0.388 e. The number of carbonyl (C=O) groups excluding carboxylic acids is 1. The SMILES string of the molecule is CCC(C)C(C)(O)CNC(=O)C1CCN(c2ncccn2)CC1. The molecule has 2 atom stereocenters. The Labute approximate surface area is 138 Å². The molecule has 23 heavy (non-hydrogen) atoms. The predicted molar refractivity (Wildman–Crippen MR) is 90.1 cm³/mol. The molecule has 0 bridgehead atoms. The number of hydrogen-bond acceptors (Lipinski definition) is 5. The third-order valence-electron chi connectivity index (χ3n) is 5.00. The van der Waals surface area contributed by atoms with Gasteiger partial charge in [-0.2, -0.15) is 0 Å². The lowest BCUT2D eigenvalue weighted by Crippen LogP contribution is -2.48. The number of aliphatic hydroxyl groups is 1. The Hall–Kier alpha value is -1.69. The Morgan fingerprint density at radius 1 is 1.43 bits per heavy atom. The summed E-state index contributed by atoms with van der Waals surface area (Å²) in [7, 11) is 0. The molecule has 2 unspecified atom stereocenters. The lowest BCUT2D eigenvalue weighted by Gasteiger charge is -2.33. The molecule has 0 aliphatic carbocycles. The maximum absolute atomic E-state index is 12.3. The van der Waals surface area contributed by atoms with Crippen LogP contribution >= 0.6 is 0 Å². The zero-order valence-corrected chi connectivity index (χ0v) is 14.3. The van der Waals surface area contributed by atoms with Gasteiger partial charge < -0.3 is 15.3 Å². The van der Waals surface area contributed by atoms with Gasteiger partial charge in [0.25, 0.3) is 0 Å². The molecule has 2 rings (SSSR count). The Morgan fingerprint density at radius 3 is 2.61 bits per heavy atom. The second-order valence-corrected chi connectivity index (χ2v) is 6.69. The van der Waals surface area contributed by atoms with E-state index < -0.39 is 5.60 Å². The van der Waals surface area contributed by atoms with Gasteiger partial charge in [-0.3, -0.25) is 4.79 Å². The third kappa shape index (κ3) is 4.64. The van der Waals surface area contributed by atoms with Crippen LogP contribution in [0, 0.1) is 11.8 Å². The van der Waals surface area contributed by atoms with Gasteiger partial charge in [-0.05, 0) is 31.7 Å². The fraction of sp³-hybridized carbons (Fsp3) is 0.706. The van der Waals surface area contributed by atoms with E-state index in [2.05, 4.69) is 20.2 Å². The van der Waals surface area contributed by atoms with Crippen molar-refractivity contribution < 1.29 is 9.90 Å². The van der Waals surface area contributed by atoms with Crippen molar-refractivity contribution in [2.45, 2.75) is 45.6 Å². The van der Waals surface area contributed by atoms with E-state index in [-0.39, 0.29) is 17.7 Å². The number of carbonyl (C=O) groups is 1. The van der Waals surface area contributed by atoms with E-state index in [1.54, 1.807) is 25.4 Å². The Morgan fingerprint density at radius 2 is 2.04 bits per heavy atom. The molecule has 1 aromatic heterocycles. The first-order valence-electron chi connectivity index (χ1n) is 8.46. The molecule has 0 saturated carbocycles. The highest BCUT2D eigenvalue weighted by molar-refractivity contribution is 5.79. The van der Waals surface area contributed by atoms with E-state index in [1.165, 1.54) is 0 Å². The summed E-state index contributed by atoms with van der Waals surface area (Å²) in [4.78, 5) is 22.9. The summed E-state index contributed by atoms with van der Waals surface area (Å²) in [5.74, 6) is 0.927. The predicted octanol–water partition coefficient (Wildman–Crippen LogP) is 1.61. The quantitative estimate of drug-likeness (QED) is 0.832. The van der Waals surface area contributed by atoms with Crippen LogP contribution in [-0.4, -0.2) is 46.2 Å². The first-order valence-corrected chi connectivity index (χ1v) is 8.46. The van der Waals surface area contributed by atoms with E-state index in [0.29, 0.717) is 6.54 Å². The molecule has 2 heterocycles. The van der Waals surface area contributed by atoms with Crippen molar-refractivity contribution in [1.29, 1.82) is 0 Å². The molecule has 1 fully saturated rings. The molecule has 1 aromatic rings. The van der Waals surface area contributed by atoms with Crippen molar-refractivity contribution in [2.24, 2.45) is 11.8 Å². The summed E-state index contributed by atoms with van der Waals surface area (Å²) >= 11 is 0. The van der Waals surface area contributed by atoms with Crippen LogP contribution in [0.5, 0.6) is 0 Å². The Balaban J connectivity index is 1.80. The number of piperidine rings is 1. The Bertz CT molecular complexity index is 499. The normalized spacial score (nSPS) is 19.9. The van der Waals surface area contributed by atoms with Crippen LogP contribution in [0.15, 0.2) is 18.5 Å². The summed E-state index contributed by atoms with van der Waals surface area (Å²) in [5, 5.41) is 13.3. The minimum Gasteiger partial charge on any atom is -0.388 e. The van der Waals surface area contributed by atoms with Gasteiger partial charge in [0.1, 0.15) is 0 Å². The lowest BCUT2D eigenvalue weighted by molar-refractivity contribution is -0.127. The molecule has 128 valence electrons. The molecule has 1 aliphatic rings. The van der Waals surface area contributed by atoms with Gasteiger partial charge in [0.2, 0.25) is 11.9 Å². The number of hydrogen-bond donors (Lipinski definition) is 2. The number of rotatable bonds is 6. The fourth-order valence-electron chi connectivity index (χ4n) is 2.82. The smallest absolute Gasteiger partial charge is 0.225 e. The summed E-state index contributed by atoms with van der Waals surface area (Å²) in [5.41, 5.74) is -0.858. The van der Waals surface area contributed by atoms with Crippen molar-refractivity contribution in [3.63, 3.8) is 0 Å². The average Bonchev–Trinajstić information content (AvgIpc) is 2.60. The van der Waals surface area contributed by atoms with Crippen molar-refractivity contribution in [3.05, 3.63) is 18.5 Å². The van der Waals surface area contributed by atoms with Gasteiger partial charge in [-0.25, -0.2) is 9.97 Å². The molecule has 1 aliphatic heterocycles.